The minimum Gasteiger partial charge on any atom is -0.379 e. The molecule has 7 nitrogen and oxygen atoms in total. The van der Waals surface area contributed by atoms with Gasteiger partial charge >= 0.3 is 0 Å². The number of hydrogen-bond acceptors (Lipinski definition) is 4. The molecule has 0 bridgehead atoms. The van der Waals surface area contributed by atoms with Crippen LogP contribution in [0, 0.1) is 5.82 Å². The Morgan fingerprint density at radius 3 is 2.61 bits per heavy atom. The second-order valence-electron chi connectivity index (χ2n) is 6.72. The van der Waals surface area contributed by atoms with Crippen molar-refractivity contribution in [2.75, 3.05) is 60.0 Å². The molecule has 1 atom stereocenters. The molecule has 1 saturated heterocycles. The second kappa shape index (κ2) is 11.4. The number of nitrogens with zero attached hydrogens (tertiary/aromatic N) is 3. The Hall–Kier alpha value is -2.45. The average molecular weight is 391 g/mol. The van der Waals surface area contributed by atoms with Crippen LogP contribution in [0.5, 0.6) is 0 Å². The van der Waals surface area contributed by atoms with Gasteiger partial charge < -0.3 is 20.3 Å². The van der Waals surface area contributed by atoms with Crippen molar-refractivity contribution in [2.45, 2.75) is 6.04 Å². The smallest absolute Gasteiger partial charge is 0.243 e. The van der Waals surface area contributed by atoms with E-state index in [9.17, 15) is 9.18 Å². The summed E-state index contributed by atoms with van der Waals surface area (Å²) >= 11 is 0. The minimum atomic E-state index is -0.255. The number of amides is 1. The SMILES string of the molecule is C=CCNC(=NCC(=O)N(C)C)NCC(c1ccc(F)cc1)N1CCOCC1. The summed E-state index contributed by atoms with van der Waals surface area (Å²) in [6.45, 7) is 7.79. The molecule has 0 saturated carbocycles. The zero-order valence-corrected chi connectivity index (χ0v) is 16.7. The topological polar surface area (TPSA) is 69.2 Å². The zero-order chi connectivity index (χ0) is 20.4. The quantitative estimate of drug-likeness (QED) is 0.393. The van der Waals surface area contributed by atoms with E-state index in [4.69, 9.17) is 4.74 Å². The highest BCUT2D eigenvalue weighted by Crippen LogP contribution is 2.21. The summed E-state index contributed by atoms with van der Waals surface area (Å²) in [5.41, 5.74) is 1.02. The predicted molar refractivity (Wildman–Crippen MR) is 109 cm³/mol. The molecule has 1 fully saturated rings. The first-order valence-corrected chi connectivity index (χ1v) is 9.41. The van der Waals surface area contributed by atoms with Crippen LogP contribution in [-0.2, 0) is 9.53 Å². The van der Waals surface area contributed by atoms with Crippen LogP contribution in [0.25, 0.3) is 0 Å². The molecule has 1 unspecified atom stereocenters. The number of ether oxygens (including phenoxy) is 1. The number of hydrogen-bond donors (Lipinski definition) is 2. The van der Waals surface area contributed by atoms with Gasteiger partial charge in [0.1, 0.15) is 12.4 Å². The molecule has 1 aliphatic rings. The Labute approximate surface area is 166 Å². The van der Waals surface area contributed by atoms with E-state index >= 15 is 0 Å². The summed E-state index contributed by atoms with van der Waals surface area (Å²) < 4.78 is 18.8. The lowest BCUT2D eigenvalue weighted by Gasteiger charge is -2.35. The zero-order valence-electron chi connectivity index (χ0n) is 16.7. The molecule has 28 heavy (non-hydrogen) atoms. The highest BCUT2D eigenvalue weighted by Gasteiger charge is 2.23. The predicted octanol–water partition coefficient (Wildman–Crippen LogP) is 1.01. The third-order valence-corrected chi connectivity index (χ3v) is 4.49. The average Bonchev–Trinajstić information content (AvgIpc) is 2.71. The number of carbonyl (C=O) groups is 1. The number of halogens is 1. The lowest BCUT2D eigenvalue weighted by molar-refractivity contribution is -0.127. The van der Waals surface area contributed by atoms with E-state index in [1.165, 1.54) is 17.0 Å². The molecule has 8 heteroatoms. The molecule has 0 aliphatic carbocycles. The molecule has 1 aromatic rings. The van der Waals surface area contributed by atoms with Gasteiger partial charge in [-0.25, -0.2) is 9.38 Å². The molecule has 0 aromatic heterocycles. The maximum absolute atomic E-state index is 13.4. The summed E-state index contributed by atoms with van der Waals surface area (Å²) in [5, 5.41) is 6.43. The number of morpholine rings is 1. The summed E-state index contributed by atoms with van der Waals surface area (Å²) in [6.07, 6.45) is 1.73. The molecule has 1 aromatic carbocycles. The lowest BCUT2D eigenvalue weighted by atomic mass is 10.0. The Balaban J connectivity index is 2.10. The number of aliphatic imine (C=N–C) groups is 1. The van der Waals surface area contributed by atoms with Gasteiger partial charge in [0.05, 0.1) is 19.3 Å². The van der Waals surface area contributed by atoms with E-state index in [0.717, 1.165) is 18.7 Å². The largest absolute Gasteiger partial charge is 0.379 e. The van der Waals surface area contributed by atoms with Crippen molar-refractivity contribution >= 4 is 11.9 Å². The highest BCUT2D eigenvalue weighted by molar-refractivity contribution is 5.84. The first kappa shape index (κ1) is 21.8. The van der Waals surface area contributed by atoms with Gasteiger partial charge in [0, 0.05) is 40.3 Å². The number of likely N-dealkylation sites (N-methyl/N-ethyl adjacent to an activating group) is 1. The van der Waals surface area contributed by atoms with Crippen LogP contribution in [0.1, 0.15) is 11.6 Å². The molecule has 0 radical (unpaired) electrons. The normalized spacial score (nSPS) is 16.3. The maximum atomic E-state index is 13.4. The maximum Gasteiger partial charge on any atom is 0.243 e. The van der Waals surface area contributed by atoms with Crippen molar-refractivity contribution in [1.82, 2.24) is 20.4 Å². The summed E-state index contributed by atoms with van der Waals surface area (Å²) in [7, 11) is 3.40. The van der Waals surface area contributed by atoms with Crippen molar-refractivity contribution in [3.05, 3.63) is 48.3 Å². The molecule has 1 amide bonds. The Morgan fingerprint density at radius 2 is 2.00 bits per heavy atom. The van der Waals surface area contributed by atoms with Gasteiger partial charge in [-0.15, -0.1) is 6.58 Å². The van der Waals surface area contributed by atoms with E-state index in [1.54, 1.807) is 32.3 Å². The van der Waals surface area contributed by atoms with Crippen LogP contribution < -0.4 is 10.6 Å². The van der Waals surface area contributed by atoms with Crippen LogP contribution >= 0.6 is 0 Å². The van der Waals surface area contributed by atoms with E-state index in [1.807, 2.05) is 0 Å². The van der Waals surface area contributed by atoms with Crippen molar-refractivity contribution in [3.63, 3.8) is 0 Å². The molecule has 2 N–H and O–H groups in total. The minimum absolute atomic E-state index is 0.0322. The summed E-state index contributed by atoms with van der Waals surface area (Å²) in [5.74, 6) is 0.202. The number of carbonyl (C=O) groups excluding carboxylic acids is 1. The Bertz CT molecular complexity index is 657. The van der Waals surface area contributed by atoms with Gasteiger partial charge in [-0.3, -0.25) is 9.69 Å². The summed E-state index contributed by atoms with van der Waals surface area (Å²) in [6, 6.07) is 6.60. The van der Waals surface area contributed by atoms with Crippen molar-refractivity contribution < 1.29 is 13.9 Å². The Morgan fingerprint density at radius 1 is 1.32 bits per heavy atom. The summed E-state index contributed by atoms with van der Waals surface area (Å²) in [4.78, 5) is 20.0. The number of nitrogens with one attached hydrogen (secondary N) is 2. The van der Waals surface area contributed by atoms with Gasteiger partial charge in [-0.05, 0) is 17.7 Å². The van der Waals surface area contributed by atoms with Crippen molar-refractivity contribution in [1.29, 1.82) is 0 Å². The van der Waals surface area contributed by atoms with Crippen molar-refractivity contribution in [3.8, 4) is 0 Å². The van der Waals surface area contributed by atoms with Gasteiger partial charge in [-0.2, -0.15) is 0 Å². The van der Waals surface area contributed by atoms with Gasteiger partial charge in [-0.1, -0.05) is 18.2 Å². The van der Waals surface area contributed by atoms with Crippen LogP contribution in [0.4, 0.5) is 4.39 Å². The highest BCUT2D eigenvalue weighted by atomic mass is 19.1. The number of guanidine groups is 1. The number of rotatable bonds is 8. The van der Waals surface area contributed by atoms with Crippen LogP contribution in [0.3, 0.4) is 0 Å². The Kier molecular flexibility index (Phi) is 8.90. The molecule has 2 rings (SSSR count). The lowest BCUT2D eigenvalue weighted by Crippen LogP contribution is -2.46. The van der Waals surface area contributed by atoms with Gasteiger partial charge in [0.25, 0.3) is 0 Å². The molecular formula is C20H30FN5O2. The standard InChI is InChI=1S/C20H30FN5O2/c1-4-9-22-20(24-15-19(27)25(2)3)23-14-18(26-10-12-28-13-11-26)16-5-7-17(21)8-6-16/h4-8,18H,1,9-15H2,2-3H3,(H2,22,23,24). The first-order chi connectivity index (χ1) is 13.5. The molecule has 154 valence electrons. The monoisotopic (exact) mass is 391 g/mol. The molecule has 0 spiro atoms. The third-order valence-electron chi connectivity index (χ3n) is 4.49. The third kappa shape index (κ3) is 6.94. The van der Waals surface area contributed by atoms with Crippen LogP contribution in [0.15, 0.2) is 41.9 Å². The molecule has 1 heterocycles. The van der Waals surface area contributed by atoms with Crippen molar-refractivity contribution in [2.24, 2.45) is 4.99 Å². The molecular weight excluding hydrogens is 361 g/mol. The van der Waals surface area contributed by atoms with Crippen LogP contribution in [0.2, 0.25) is 0 Å². The van der Waals surface area contributed by atoms with Crippen LogP contribution in [-0.4, -0.2) is 81.7 Å². The van der Waals surface area contributed by atoms with E-state index in [0.29, 0.717) is 32.3 Å². The fraction of sp³-hybridized carbons (Fsp3) is 0.500. The van der Waals surface area contributed by atoms with E-state index in [2.05, 4.69) is 27.1 Å². The van der Waals surface area contributed by atoms with Gasteiger partial charge in [0.2, 0.25) is 5.91 Å². The number of benzene rings is 1. The van der Waals surface area contributed by atoms with E-state index < -0.39 is 0 Å². The second-order valence-corrected chi connectivity index (χ2v) is 6.72. The van der Waals surface area contributed by atoms with E-state index in [-0.39, 0.29) is 24.3 Å². The molecule has 1 aliphatic heterocycles. The fourth-order valence-electron chi connectivity index (χ4n) is 2.86. The first-order valence-electron chi connectivity index (χ1n) is 9.41. The van der Waals surface area contributed by atoms with Gasteiger partial charge in [0.15, 0.2) is 5.96 Å². The fourth-order valence-corrected chi connectivity index (χ4v) is 2.86.